The number of carbonyl (C=O) groups excluding carboxylic acids is 1. The minimum Gasteiger partial charge on any atom is -0.466 e. The number of hydrogen-bond acceptors (Lipinski definition) is 2. The molecule has 0 aliphatic carbocycles. The van der Waals surface area contributed by atoms with Gasteiger partial charge in [0.2, 0.25) is 0 Å². The Labute approximate surface area is 95.4 Å². The SMILES string of the molecule is CC[Si](CC)(CC)C(C)CCOC(C)=O. The van der Waals surface area contributed by atoms with Crippen LogP contribution in [0.25, 0.3) is 0 Å². The molecular weight excluding hydrogens is 204 g/mol. The average Bonchev–Trinajstić information content (AvgIpc) is 2.21. The van der Waals surface area contributed by atoms with Gasteiger partial charge in [-0.3, -0.25) is 4.79 Å². The zero-order valence-corrected chi connectivity index (χ0v) is 11.9. The molecule has 0 spiro atoms. The lowest BCUT2D eigenvalue weighted by Gasteiger charge is -2.34. The van der Waals surface area contributed by atoms with Crippen molar-refractivity contribution in [3.8, 4) is 0 Å². The van der Waals surface area contributed by atoms with Crippen LogP contribution < -0.4 is 0 Å². The molecule has 0 bridgehead atoms. The van der Waals surface area contributed by atoms with E-state index in [9.17, 15) is 4.79 Å². The number of rotatable bonds is 7. The van der Waals surface area contributed by atoms with E-state index in [2.05, 4.69) is 27.7 Å². The molecule has 0 fully saturated rings. The van der Waals surface area contributed by atoms with Crippen LogP contribution >= 0.6 is 0 Å². The van der Waals surface area contributed by atoms with E-state index >= 15 is 0 Å². The summed E-state index contributed by atoms with van der Waals surface area (Å²) in [5.74, 6) is -0.154. The molecule has 0 aliphatic heterocycles. The second-order valence-corrected chi connectivity index (χ2v) is 10.3. The third kappa shape index (κ3) is 4.37. The van der Waals surface area contributed by atoms with E-state index in [1.807, 2.05) is 0 Å². The van der Waals surface area contributed by atoms with Gasteiger partial charge in [0.05, 0.1) is 14.7 Å². The van der Waals surface area contributed by atoms with Crippen molar-refractivity contribution in [1.29, 1.82) is 0 Å². The summed E-state index contributed by atoms with van der Waals surface area (Å²) >= 11 is 0. The Balaban J connectivity index is 4.14. The average molecular weight is 230 g/mol. The van der Waals surface area contributed by atoms with Gasteiger partial charge in [0.1, 0.15) is 0 Å². The van der Waals surface area contributed by atoms with Crippen molar-refractivity contribution in [2.24, 2.45) is 0 Å². The van der Waals surface area contributed by atoms with Crippen molar-refractivity contribution in [3.63, 3.8) is 0 Å². The maximum Gasteiger partial charge on any atom is 0.302 e. The van der Waals surface area contributed by atoms with Crippen molar-refractivity contribution in [2.45, 2.75) is 64.7 Å². The fourth-order valence-electron chi connectivity index (χ4n) is 2.48. The Morgan fingerprint density at radius 1 is 1.20 bits per heavy atom. The molecule has 0 aromatic carbocycles. The topological polar surface area (TPSA) is 26.3 Å². The van der Waals surface area contributed by atoms with Crippen LogP contribution in [0, 0.1) is 0 Å². The molecule has 15 heavy (non-hydrogen) atoms. The molecule has 0 saturated heterocycles. The molecule has 1 atom stereocenters. The monoisotopic (exact) mass is 230 g/mol. The van der Waals surface area contributed by atoms with E-state index in [0.29, 0.717) is 6.61 Å². The van der Waals surface area contributed by atoms with Crippen LogP contribution in [-0.4, -0.2) is 20.7 Å². The molecule has 3 heteroatoms. The van der Waals surface area contributed by atoms with Crippen molar-refractivity contribution in [3.05, 3.63) is 0 Å². The van der Waals surface area contributed by atoms with Crippen molar-refractivity contribution >= 4 is 14.0 Å². The highest BCUT2D eigenvalue weighted by Gasteiger charge is 2.32. The van der Waals surface area contributed by atoms with Gasteiger partial charge in [0, 0.05) is 6.92 Å². The van der Waals surface area contributed by atoms with Gasteiger partial charge in [-0.25, -0.2) is 0 Å². The Hall–Kier alpha value is -0.313. The molecule has 0 amide bonds. The van der Waals surface area contributed by atoms with E-state index in [1.165, 1.54) is 25.1 Å². The molecule has 2 nitrogen and oxygen atoms in total. The lowest BCUT2D eigenvalue weighted by Crippen LogP contribution is -2.36. The van der Waals surface area contributed by atoms with Crippen LogP contribution in [0.3, 0.4) is 0 Å². The molecule has 0 aromatic heterocycles. The van der Waals surface area contributed by atoms with Crippen LogP contribution in [0.2, 0.25) is 23.7 Å². The molecule has 0 aromatic rings. The first-order valence-electron chi connectivity index (χ1n) is 6.15. The summed E-state index contributed by atoms with van der Waals surface area (Å²) in [4.78, 5) is 10.7. The first kappa shape index (κ1) is 14.7. The molecule has 0 saturated carbocycles. The van der Waals surface area contributed by atoms with E-state index < -0.39 is 8.07 Å². The van der Waals surface area contributed by atoms with E-state index in [1.54, 1.807) is 0 Å². The predicted octanol–water partition coefficient (Wildman–Crippen LogP) is 3.84. The Morgan fingerprint density at radius 3 is 2.00 bits per heavy atom. The van der Waals surface area contributed by atoms with Gasteiger partial charge in [0.15, 0.2) is 0 Å². The normalized spacial score (nSPS) is 13.7. The number of esters is 1. The summed E-state index contributed by atoms with van der Waals surface area (Å²) in [5.41, 5.74) is 0.761. The molecule has 0 N–H and O–H groups in total. The summed E-state index contributed by atoms with van der Waals surface area (Å²) in [5, 5.41) is 0. The summed E-state index contributed by atoms with van der Waals surface area (Å²) < 4.78 is 5.02. The number of ether oxygens (including phenoxy) is 1. The summed E-state index contributed by atoms with van der Waals surface area (Å²) in [7, 11) is -1.08. The predicted molar refractivity (Wildman–Crippen MR) is 67.9 cm³/mol. The van der Waals surface area contributed by atoms with E-state index in [0.717, 1.165) is 12.0 Å². The van der Waals surface area contributed by atoms with Gasteiger partial charge in [-0.15, -0.1) is 0 Å². The minimum atomic E-state index is -1.08. The first-order chi connectivity index (χ1) is 7.02. The van der Waals surface area contributed by atoms with Crippen LogP contribution in [-0.2, 0) is 9.53 Å². The molecule has 0 rings (SSSR count). The molecule has 90 valence electrons. The van der Waals surface area contributed by atoms with Gasteiger partial charge in [0.25, 0.3) is 0 Å². The fraction of sp³-hybridized carbons (Fsp3) is 0.917. The van der Waals surface area contributed by atoms with Crippen LogP contribution in [0.5, 0.6) is 0 Å². The Kier molecular flexibility index (Phi) is 6.90. The molecule has 1 unspecified atom stereocenters. The zero-order valence-electron chi connectivity index (χ0n) is 10.9. The Morgan fingerprint density at radius 2 is 1.67 bits per heavy atom. The van der Waals surface area contributed by atoms with Gasteiger partial charge in [-0.1, -0.05) is 45.8 Å². The third-order valence-electron chi connectivity index (χ3n) is 4.01. The lowest BCUT2D eigenvalue weighted by atomic mass is 10.3. The Bertz CT molecular complexity index is 180. The molecule has 0 radical (unpaired) electrons. The van der Waals surface area contributed by atoms with Crippen molar-refractivity contribution in [2.75, 3.05) is 6.61 Å². The summed E-state index contributed by atoms with van der Waals surface area (Å²) in [6, 6.07) is 4.05. The lowest BCUT2D eigenvalue weighted by molar-refractivity contribution is -0.141. The first-order valence-corrected chi connectivity index (χ1v) is 8.85. The van der Waals surface area contributed by atoms with Crippen LogP contribution in [0.1, 0.15) is 41.0 Å². The van der Waals surface area contributed by atoms with Crippen molar-refractivity contribution in [1.82, 2.24) is 0 Å². The van der Waals surface area contributed by atoms with Gasteiger partial charge in [-0.05, 0) is 12.0 Å². The van der Waals surface area contributed by atoms with Crippen LogP contribution in [0.15, 0.2) is 0 Å². The molecule has 0 aliphatic rings. The van der Waals surface area contributed by atoms with Gasteiger partial charge < -0.3 is 4.74 Å². The van der Waals surface area contributed by atoms with Gasteiger partial charge in [-0.2, -0.15) is 0 Å². The number of hydrogen-bond donors (Lipinski definition) is 0. The smallest absolute Gasteiger partial charge is 0.302 e. The highest BCUT2D eigenvalue weighted by atomic mass is 28.3. The maximum atomic E-state index is 10.7. The second-order valence-electron chi connectivity index (χ2n) is 4.45. The van der Waals surface area contributed by atoms with E-state index in [-0.39, 0.29) is 5.97 Å². The number of carbonyl (C=O) groups is 1. The quantitative estimate of drug-likeness (QED) is 0.491. The highest BCUT2D eigenvalue weighted by Crippen LogP contribution is 2.35. The fourth-order valence-corrected chi connectivity index (χ4v) is 6.80. The summed E-state index contributed by atoms with van der Waals surface area (Å²) in [6.07, 6.45) is 1.04. The largest absolute Gasteiger partial charge is 0.466 e. The maximum absolute atomic E-state index is 10.7. The second kappa shape index (κ2) is 7.04. The van der Waals surface area contributed by atoms with Gasteiger partial charge >= 0.3 is 5.97 Å². The molecule has 0 heterocycles. The molecular formula is C12H26O2Si. The van der Waals surface area contributed by atoms with Crippen LogP contribution in [0.4, 0.5) is 0 Å². The standard InChI is InChI=1S/C12H26O2Si/c1-6-15(7-2,8-3)11(4)9-10-14-12(5)13/h11H,6-10H2,1-5H3. The minimum absolute atomic E-state index is 0.154. The van der Waals surface area contributed by atoms with E-state index in [4.69, 9.17) is 4.74 Å². The zero-order chi connectivity index (χ0) is 11.9. The highest BCUT2D eigenvalue weighted by molar-refractivity contribution is 6.80. The van der Waals surface area contributed by atoms with Crippen molar-refractivity contribution < 1.29 is 9.53 Å². The third-order valence-corrected chi connectivity index (χ3v) is 10.6. The summed E-state index contributed by atoms with van der Waals surface area (Å²) in [6.45, 7) is 11.4.